The Hall–Kier alpha value is -2.71. The van der Waals surface area contributed by atoms with E-state index in [2.05, 4.69) is 19.7 Å². The van der Waals surface area contributed by atoms with E-state index in [0.29, 0.717) is 17.0 Å². The fourth-order valence-corrected chi connectivity index (χ4v) is 3.49. The fraction of sp³-hybridized carbons (Fsp3) is 0.0625. The number of rotatable bonds is 4. The van der Waals surface area contributed by atoms with E-state index in [-0.39, 0.29) is 21.7 Å². The van der Waals surface area contributed by atoms with Crippen molar-refractivity contribution in [1.82, 2.24) is 15.0 Å². The Labute approximate surface area is 150 Å². The molecule has 0 aliphatic heterocycles. The lowest BCUT2D eigenvalue weighted by Crippen LogP contribution is -2.13. The van der Waals surface area contributed by atoms with Gasteiger partial charge in [-0.3, -0.25) is 4.72 Å². The van der Waals surface area contributed by atoms with Gasteiger partial charge >= 0.3 is 0 Å². The average Bonchev–Trinajstić information content (AvgIpc) is 2.56. The SMILES string of the molecule is Cc1cc(-c2cnc(Cl)c(NS(=O)(=O)c3ccccc3)c2)nc(N)n1. The number of nitrogens with one attached hydrogen (secondary N) is 1. The van der Waals surface area contributed by atoms with Crippen LogP contribution in [-0.4, -0.2) is 23.4 Å². The van der Waals surface area contributed by atoms with Crippen LogP contribution in [0.25, 0.3) is 11.3 Å². The van der Waals surface area contributed by atoms with Crippen LogP contribution in [0.5, 0.6) is 0 Å². The highest BCUT2D eigenvalue weighted by molar-refractivity contribution is 7.92. The molecule has 0 saturated heterocycles. The number of sulfonamides is 1. The number of pyridine rings is 1. The zero-order chi connectivity index (χ0) is 18.0. The topological polar surface area (TPSA) is 111 Å². The summed E-state index contributed by atoms with van der Waals surface area (Å²) in [7, 11) is -3.78. The molecule has 0 unspecified atom stereocenters. The molecule has 25 heavy (non-hydrogen) atoms. The van der Waals surface area contributed by atoms with E-state index in [0.717, 1.165) is 0 Å². The molecule has 7 nitrogen and oxygen atoms in total. The molecule has 2 aromatic heterocycles. The summed E-state index contributed by atoms with van der Waals surface area (Å²) in [5.74, 6) is 0.122. The first-order valence-electron chi connectivity index (χ1n) is 7.20. The Morgan fingerprint density at radius 3 is 2.52 bits per heavy atom. The number of anilines is 2. The number of nitrogen functional groups attached to an aromatic ring is 1. The summed E-state index contributed by atoms with van der Waals surface area (Å²) in [5, 5.41) is 0.0296. The Morgan fingerprint density at radius 2 is 1.84 bits per heavy atom. The van der Waals surface area contributed by atoms with Crippen LogP contribution in [0.2, 0.25) is 5.15 Å². The maximum Gasteiger partial charge on any atom is 0.261 e. The maximum atomic E-state index is 12.5. The molecular formula is C16H14ClN5O2S. The summed E-state index contributed by atoms with van der Waals surface area (Å²) in [6.07, 6.45) is 1.49. The summed E-state index contributed by atoms with van der Waals surface area (Å²) in [4.78, 5) is 12.3. The van der Waals surface area contributed by atoms with Gasteiger partial charge in [-0.2, -0.15) is 0 Å². The number of hydrogen-bond acceptors (Lipinski definition) is 6. The first-order valence-corrected chi connectivity index (χ1v) is 9.06. The van der Waals surface area contributed by atoms with Crippen molar-refractivity contribution in [3.63, 3.8) is 0 Å². The Bertz CT molecular complexity index is 1010. The number of aromatic nitrogens is 3. The van der Waals surface area contributed by atoms with Crippen LogP contribution >= 0.6 is 11.6 Å². The van der Waals surface area contributed by atoms with Crippen LogP contribution in [0.15, 0.2) is 53.6 Å². The van der Waals surface area contributed by atoms with Crippen LogP contribution in [0.3, 0.4) is 0 Å². The van der Waals surface area contributed by atoms with Crippen molar-refractivity contribution in [3.8, 4) is 11.3 Å². The number of nitrogens with two attached hydrogens (primary N) is 1. The summed E-state index contributed by atoms with van der Waals surface area (Å²) >= 11 is 6.04. The van der Waals surface area contributed by atoms with Gasteiger partial charge in [-0.05, 0) is 31.2 Å². The highest BCUT2D eigenvalue weighted by Gasteiger charge is 2.17. The molecule has 0 radical (unpaired) electrons. The molecule has 9 heteroatoms. The highest BCUT2D eigenvalue weighted by atomic mass is 35.5. The Balaban J connectivity index is 2.00. The van der Waals surface area contributed by atoms with E-state index in [9.17, 15) is 8.42 Å². The minimum Gasteiger partial charge on any atom is -0.368 e. The number of halogens is 1. The highest BCUT2D eigenvalue weighted by Crippen LogP contribution is 2.28. The molecule has 0 saturated carbocycles. The van der Waals surface area contributed by atoms with Crippen molar-refractivity contribution in [2.75, 3.05) is 10.5 Å². The first-order chi connectivity index (χ1) is 11.8. The third kappa shape index (κ3) is 3.86. The molecule has 1 aromatic carbocycles. The van der Waals surface area contributed by atoms with Gasteiger partial charge in [0.05, 0.1) is 16.3 Å². The lowest BCUT2D eigenvalue weighted by Gasteiger charge is -2.11. The van der Waals surface area contributed by atoms with Crippen molar-refractivity contribution < 1.29 is 8.42 Å². The largest absolute Gasteiger partial charge is 0.368 e. The molecule has 0 amide bonds. The molecule has 0 bridgehead atoms. The number of nitrogens with zero attached hydrogens (tertiary/aromatic N) is 3. The van der Waals surface area contributed by atoms with Crippen LogP contribution < -0.4 is 10.5 Å². The molecule has 0 atom stereocenters. The second-order valence-corrected chi connectivity index (χ2v) is 7.27. The quantitative estimate of drug-likeness (QED) is 0.678. The predicted molar refractivity (Wildman–Crippen MR) is 96.7 cm³/mol. The first kappa shape index (κ1) is 17.1. The van der Waals surface area contributed by atoms with Gasteiger partial charge in [-0.25, -0.2) is 23.4 Å². The van der Waals surface area contributed by atoms with Gasteiger partial charge in [0.25, 0.3) is 10.0 Å². The van der Waals surface area contributed by atoms with Gasteiger partial charge < -0.3 is 5.73 Å². The standard InChI is InChI=1S/C16H14ClN5O2S/c1-10-7-13(21-16(18)20-10)11-8-14(15(17)19-9-11)22-25(23,24)12-5-3-2-4-6-12/h2-9,22H,1H3,(H2,18,20,21). The summed E-state index contributed by atoms with van der Waals surface area (Å²) in [6, 6.07) is 11.3. The molecule has 3 aromatic rings. The van der Waals surface area contributed by atoms with Gasteiger partial charge in [-0.15, -0.1) is 0 Å². The number of benzene rings is 1. The maximum absolute atomic E-state index is 12.5. The minimum absolute atomic E-state index is 0.0296. The zero-order valence-corrected chi connectivity index (χ0v) is 14.7. The molecular weight excluding hydrogens is 362 g/mol. The van der Waals surface area contributed by atoms with E-state index < -0.39 is 10.0 Å². The monoisotopic (exact) mass is 375 g/mol. The van der Waals surface area contributed by atoms with Gasteiger partial charge in [0.15, 0.2) is 5.15 Å². The van der Waals surface area contributed by atoms with E-state index >= 15 is 0 Å². The van der Waals surface area contributed by atoms with E-state index in [1.54, 1.807) is 37.3 Å². The van der Waals surface area contributed by atoms with Crippen LogP contribution in [-0.2, 0) is 10.0 Å². The van der Waals surface area contributed by atoms with Crippen molar-refractivity contribution in [1.29, 1.82) is 0 Å². The molecule has 0 fully saturated rings. The second kappa shape index (κ2) is 6.66. The molecule has 0 spiro atoms. The van der Waals surface area contributed by atoms with Crippen LogP contribution in [0.1, 0.15) is 5.69 Å². The predicted octanol–water partition coefficient (Wildman–Crippen LogP) is 2.88. The summed E-state index contributed by atoms with van der Waals surface area (Å²) in [5.41, 5.74) is 7.58. The third-order valence-corrected chi connectivity index (χ3v) is 4.99. The van der Waals surface area contributed by atoms with Gasteiger partial charge in [-0.1, -0.05) is 29.8 Å². The second-order valence-electron chi connectivity index (χ2n) is 5.23. The van der Waals surface area contributed by atoms with Crippen molar-refractivity contribution in [3.05, 3.63) is 59.5 Å². The summed E-state index contributed by atoms with van der Waals surface area (Å²) < 4.78 is 27.4. The smallest absolute Gasteiger partial charge is 0.261 e. The molecule has 128 valence electrons. The number of hydrogen-bond donors (Lipinski definition) is 2. The normalized spacial score (nSPS) is 11.3. The van der Waals surface area contributed by atoms with Gasteiger partial charge in [0, 0.05) is 17.5 Å². The average molecular weight is 376 g/mol. The van der Waals surface area contributed by atoms with E-state index in [4.69, 9.17) is 17.3 Å². The molecule has 0 aliphatic carbocycles. The summed E-state index contributed by atoms with van der Waals surface area (Å²) in [6.45, 7) is 1.78. The van der Waals surface area contributed by atoms with Gasteiger partial charge in [0.2, 0.25) is 5.95 Å². The van der Waals surface area contributed by atoms with Gasteiger partial charge in [0.1, 0.15) is 0 Å². The fourth-order valence-electron chi connectivity index (χ4n) is 2.20. The number of aryl methyl sites for hydroxylation is 1. The molecule has 2 heterocycles. The third-order valence-electron chi connectivity index (χ3n) is 3.30. The Kier molecular flexibility index (Phi) is 4.56. The van der Waals surface area contributed by atoms with Crippen molar-refractivity contribution in [2.24, 2.45) is 0 Å². The van der Waals surface area contributed by atoms with Crippen molar-refractivity contribution >= 4 is 33.3 Å². The minimum atomic E-state index is -3.78. The lowest BCUT2D eigenvalue weighted by molar-refractivity contribution is 0.601. The van der Waals surface area contributed by atoms with Crippen LogP contribution in [0.4, 0.5) is 11.6 Å². The van der Waals surface area contributed by atoms with Crippen molar-refractivity contribution in [2.45, 2.75) is 11.8 Å². The lowest BCUT2D eigenvalue weighted by atomic mass is 10.2. The van der Waals surface area contributed by atoms with E-state index in [1.165, 1.54) is 18.3 Å². The molecule has 3 rings (SSSR count). The Morgan fingerprint density at radius 1 is 1.12 bits per heavy atom. The van der Waals surface area contributed by atoms with Crippen LogP contribution in [0, 0.1) is 6.92 Å². The zero-order valence-electron chi connectivity index (χ0n) is 13.1. The molecule has 0 aliphatic rings. The van der Waals surface area contributed by atoms with E-state index in [1.807, 2.05) is 0 Å². The molecule has 3 N–H and O–H groups in total.